The van der Waals surface area contributed by atoms with E-state index in [-0.39, 0.29) is 23.5 Å². The average Bonchev–Trinajstić information content (AvgIpc) is 2.99. The minimum absolute atomic E-state index is 0.0537. The number of aliphatic hydroxyl groups excluding tert-OH is 1. The SMILES string of the molecule is [C-]#[N+]c1cc(-n2cc(S(=O)(=O)CF)c3c2CCC(F)(F)[C@H]3O)ccc1F. The number of benzene rings is 1. The lowest BCUT2D eigenvalue weighted by Gasteiger charge is -2.29. The number of halogens is 4. The minimum Gasteiger partial charge on any atom is -0.382 e. The van der Waals surface area contributed by atoms with Gasteiger partial charge >= 0.3 is 0 Å². The van der Waals surface area contributed by atoms with Gasteiger partial charge in [-0.3, -0.25) is 0 Å². The Hall–Kier alpha value is -2.38. The first-order valence-electron chi connectivity index (χ1n) is 7.38. The van der Waals surface area contributed by atoms with Gasteiger partial charge in [-0.1, -0.05) is 0 Å². The van der Waals surface area contributed by atoms with E-state index in [1.807, 2.05) is 0 Å². The molecule has 0 saturated carbocycles. The topological polar surface area (TPSA) is 63.7 Å². The van der Waals surface area contributed by atoms with Crippen LogP contribution in [-0.2, 0) is 16.3 Å². The number of nitrogens with zero attached hydrogens (tertiary/aromatic N) is 2. The molecule has 0 fully saturated rings. The van der Waals surface area contributed by atoms with Crippen molar-refractivity contribution in [2.45, 2.75) is 29.8 Å². The second-order valence-electron chi connectivity index (χ2n) is 5.86. The van der Waals surface area contributed by atoms with Crippen LogP contribution in [0, 0.1) is 12.4 Å². The van der Waals surface area contributed by atoms with Crippen molar-refractivity contribution in [2.75, 3.05) is 6.01 Å². The zero-order valence-corrected chi connectivity index (χ0v) is 13.9. The molecule has 1 atom stereocenters. The number of alkyl halides is 3. The minimum atomic E-state index is -4.55. The molecule has 1 aromatic carbocycles. The predicted octanol–water partition coefficient (Wildman–Crippen LogP) is 3.48. The van der Waals surface area contributed by atoms with Gasteiger partial charge in [-0.05, 0) is 24.6 Å². The normalized spacial score (nSPS) is 19.0. The summed E-state index contributed by atoms with van der Waals surface area (Å²) in [7, 11) is -4.55. The van der Waals surface area contributed by atoms with Crippen LogP contribution in [0.1, 0.15) is 23.8 Å². The standard InChI is InChI=1S/C16H12F4N2O3S/c1-21-11-6-9(2-3-10(11)18)22-7-13(26(24,25)8-17)14-12(22)4-5-16(19,20)15(14)23/h2-3,6-7,15,23H,4-5,8H2/t15-/m0/s1. The van der Waals surface area contributed by atoms with E-state index in [9.17, 15) is 31.1 Å². The number of fused-ring (bicyclic) bond motifs is 1. The van der Waals surface area contributed by atoms with Crippen molar-refractivity contribution < 1.29 is 31.1 Å². The maximum atomic E-state index is 13.9. The van der Waals surface area contributed by atoms with Crippen molar-refractivity contribution in [3.63, 3.8) is 0 Å². The lowest BCUT2D eigenvalue weighted by Crippen LogP contribution is -2.33. The number of hydrogen-bond donors (Lipinski definition) is 1. The first-order valence-corrected chi connectivity index (χ1v) is 9.03. The molecule has 0 amide bonds. The molecule has 0 saturated heterocycles. The third-order valence-electron chi connectivity index (χ3n) is 4.29. The van der Waals surface area contributed by atoms with Crippen molar-refractivity contribution in [3.8, 4) is 5.69 Å². The van der Waals surface area contributed by atoms with Gasteiger partial charge in [0, 0.05) is 29.6 Å². The van der Waals surface area contributed by atoms with Crippen LogP contribution < -0.4 is 0 Å². The third-order valence-corrected chi connectivity index (χ3v) is 5.57. The molecule has 0 unspecified atom stereocenters. The van der Waals surface area contributed by atoms with E-state index in [0.29, 0.717) is 0 Å². The predicted molar refractivity (Wildman–Crippen MR) is 83.4 cm³/mol. The van der Waals surface area contributed by atoms with Gasteiger partial charge in [-0.15, -0.1) is 0 Å². The fourth-order valence-electron chi connectivity index (χ4n) is 2.99. The molecule has 10 heteroatoms. The fraction of sp³-hybridized carbons (Fsp3) is 0.312. The Kier molecular flexibility index (Phi) is 4.32. The second kappa shape index (κ2) is 6.10. The highest BCUT2D eigenvalue weighted by atomic mass is 32.2. The Morgan fingerprint density at radius 3 is 2.69 bits per heavy atom. The largest absolute Gasteiger partial charge is 0.382 e. The van der Waals surface area contributed by atoms with E-state index >= 15 is 0 Å². The third kappa shape index (κ3) is 2.77. The molecule has 3 rings (SSSR count). The highest BCUT2D eigenvalue weighted by Gasteiger charge is 2.47. The van der Waals surface area contributed by atoms with Crippen LogP contribution in [0.3, 0.4) is 0 Å². The molecule has 1 aromatic heterocycles. The van der Waals surface area contributed by atoms with Crippen molar-refractivity contribution in [2.24, 2.45) is 0 Å². The summed E-state index contributed by atoms with van der Waals surface area (Å²) in [5, 5.41) is 9.98. The fourth-order valence-corrected chi connectivity index (χ4v) is 3.94. The average molecular weight is 388 g/mol. The van der Waals surface area contributed by atoms with Crippen molar-refractivity contribution in [1.82, 2.24) is 4.57 Å². The Balaban J connectivity index is 2.30. The van der Waals surface area contributed by atoms with E-state index in [1.165, 1.54) is 10.6 Å². The first-order chi connectivity index (χ1) is 12.1. The van der Waals surface area contributed by atoms with E-state index in [0.717, 1.165) is 18.3 Å². The zero-order valence-electron chi connectivity index (χ0n) is 13.1. The number of aromatic nitrogens is 1. The van der Waals surface area contributed by atoms with Crippen LogP contribution in [0.5, 0.6) is 0 Å². The summed E-state index contributed by atoms with van der Waals surface area (Å²) in [4.78, 5) is 2.25. The summed E-state index contributed by atoms with van der Waals surface area (Å²) in [6.07, 6.45) is -2.52. The van der Waals surface area contributed by atoms with E-state index < -0.39 is 50.6 Å². The van der Waals surface area contributed by atoms with Gasteiger partial charge in [-0.2, -0.15) is 0 Å². The van der Waals surface area contributed by atoms with Crippen molar-refractivity contribution in [3.05, 3.63) is 52.9 Å². The lowest BCUT2D eigenvalue weighted by molar-refractivity contribution is -0.123. The van der Waals surface area contributed by atoms with E-state index in [1.54, 1.807) is 0 Å². The molecule has 0 spiro atoms. The van der Waals surface area contributed by atoms with Gasteiger partial charge in [-0.25, -0.2) is 30.8 Å². The molecular weight excluding hydrogens is 376 g/mol. The summed E-state index contributed by atoms with van der Waals surface area (Å²) >= 11 is 0. The van der Waals surface area contributed by atoms with Crippen LogP contribution in [0.2, 0.25) is 0 Å². The maximum absolute atomic E-state index is 13.9. The van der Waals surface area contributed by atoms with Crippen LogP contribution in [0.25, 0.3) is 10.5 Å². The molecule has 1 aliphatic carbocycles. The van der Waals surface area contributed by atoms with Crippen LogP contribution in [-0.4, -0.2) is 30.0 Å². The molecule has 0 aliphatic heterocycles. The molecule has 26 heavy (non-hydrogen) atoms. The molecule has 1 aliphatic rings. The van der Waals surface area contributed by atoms with E-state index in [4.69, 9.17) is 6.57 Å². The highest BCUT2D eigenvalue weighted by molar-refractivity contribution is 7.91. The monoisotopic (exact) mass is 388 g/mol. The molecule has 5 nitrogen and oxygen atoms in total. The Morgan fingerprint density at radius 1 is 1.38 bits per heavy atom. The van der Waals surface area contributed by atoms with Crippen LogP contribution in [0.15, 0.2) is 29.3 Å². The van der Waals surface area contributed by atoms with Crippen molar-refractivity contribution in [1.29, 1.82) is 0 Å². The lowest BCUT2D eigenvalue weighted by atomic mass is 9.91. The highest BCUT2D eigenvalue weighted by Crippen LogP contribution is 2.45. The summed E-state index contributed by atoms with van der Waals surface area (Å²) in [5.41, 5.74) is -0.710. The quantitative estimate of drug-likeness (QED) is 0.647. The summed E-state index contributed by atoms with van der Waals surface area (Å²) in [5.74, 6) is -4.36. The van der Waals surface area contributed by atoms with E-state index in [2.05, 4.69) is 4.85 Å². The van der Waals surface area contributed by atoms with Crippen LogP contribution >= 0.6 is 0 Å². The summed E-state index contributed by atoms with van der Waals surface area (Å²) in [6, 6.07) is 1.51. The van der Waals surface area contributed by atoms with Gasteiger partial charge in [0.1, 0.15) is 11.9 Å². The first kappa shape index (κ1) is 18.4. The maximum Gasteiger partial charge on any atom is 0.278 e. The van der Waals surface area contributed by atoms with Gasteiger partial charge in [0.2, 0.25) is 15.5 Å². The Bertz CT molecular complexity index is 1020. The number of hydrogen-bond acceptors (Lipinski definition) is 3. The smallest absolute Gasteiger partial charge is 0.278 e. The zero-order chi connectivity index (χ0) is 19.3. The second-order valence-corrected chi connectivity index (χ2v) is 7.75. The van der Waals surface area contributed by atoms with Crippen molar-refractivity contribution >= 4 is 15.5 Å². The molecule has 2 aromatic rings. The van der Waals surface area contributed by atoms with Gasteiger partial charge in [0.25, 0.3) is 5.92 Å². The summed E-state index contributed by atoms with van der Waals surface area (Å²) < 4.78 is 79.5. The summed E-state index contributed by atoms with van der Waals surface area (Å²) in [6.45, 7) is 6.94. The molecule has 138 valence electrons. The van der Waals surface area contributed by atoms with Gasteiger partial charge in [0.05, 0.1) is 11.5 Å². The van der Waals surface area contributed by atoms with Gasteiger partial charge in [0.15, 0.2) is 6.01 Å². The molecule has 1 N–H and O–H groups in total. The molecule has 0 bridgehead atoms. The molecule has 1 heterocycles. The molecule has 0 radical (unpaired) electrons. The number of aliphatic hydroxyl groups is 1. The Labute approximate surface area is 146 Å². The number of rotatable bonds is 3. The Morgan fingerprint density at radius 2 is 2.08 bits per heavy atom. The van der Waals surface area contributed by atoms with Crippen LogP contribution in [0.4, 0.5) is 23.2 Å². The number of sulfone groups is 1. The van der Waals surface area contributed by atoms with Gasteiger partial charge < -0.3 is 9.67 Å². The molecular formula is C16H12F4N2O3S.